The number of hydrogen-bond acceptors (Lipinski definition) is 5. The number of nitrogens with one attached hydrogen (secondary N) is 1. The van der Waals surface area contributed by atoms with Crippen molar-refractivity contribution in [2.45, 2.75) is 257 Å². The first kappa shape index (κ1) is 58.3. The zero-order chi connectivity index (χ0) is 44.5. The summed E-state index contributed by atoms with van der Waals surface area (Å²) in [5.74, 6) is -0.575. The van der Waals surface area contributed by atoms with Crippen LogP contribution >= 0.6 is 0 Å². The van der Waals surface area contributed by atoms with Crippen molar-refractivity contribution in [2.75, 3.05) is 6.61 Å². The van der Waals surface area contributed by atoms with Crippen LogP contribution in [0.5, 0.6) is 0 Å². The van der Waals surface area contributed by atoms with E-state index in [0.717, 1.165) is 70.6 Å². The predicted molar refractivity (Wildman–Crippen MR) is 264 cm³/mol. The van der Waals surface area contributed by atoms with Crippen molar-refractivity contribution >= 4 is 11.9 Å². The predicted octanol–water partition coefficient (Wildman–Crippen LogP) is 15.4. The van der Waals surface area contributed by atoms with E-state index in [0.29, 0.717) is 19.3 Å². The maximum absolute atomic E-state index is 13.2. The van der Waals surface area contributed by atoms with E-state index < -0.39 is 18.2 Å². The van der Waals surface area contributed by atoms with Gasteiger partial charge in [-0.15, -0.1) is 0 Å². The van der Waals surface area contributed by atoms with Crippen LogP contribution in [0.2, 0.25) is 0 Å². The van der Waals surface area contributed by atoms with Gasteiger partial charge in [0.15, 0.2) is 0 Å². The Balaban J connectivity index is 4.62. The molecule has 3 atom stereocenters. The Labute approximate surface area is 377 Å². The van der Waals surface area contributed by atoms with Crippen molar-refractivity contribution in [1.29, 1.82) is 0 Å². The number of carbonyl (C=O) groups excluding carboxylic acids is 2. The number of hydrogen-bond donors (Lipinski definition) is 3. The van der Waals surface area contributed by atoms with Gasteiger partial charge in [0, 0.05) is 6.42 Å². The molecule has 61 heavy (non-hydrogen) atoms. The molecular formula is C55H97NO5. The highest BCUT2D eigenvalue weighted by Gasteiger charge is 2.24. The molecule has 0 bridgehead atoms. The molecule has 0 saturated heterocycles. The molecule has 0 radical (unpaired) electrons. The maximum Gasteiger partial charge on any atom is 0.306 e. The molecule has 0 aliphatic carbocycles. The standard InChI is InChI=1S/C55H97NO5/c1-4-7-10-13-16-19-22-24-26-28-30-33-36-39-42-45-48-55(60)61-51(46-43-40-37-34-31-21-18-15-12-9-6-3)49-54(59)56-52(50-57)53(58)47-44-41-38-35-32-29-27-25-23-20-17-14-11-8-5-2/h9,12,15,18,21,26,28,30-31,33-34,37,51-53,57-58H,4-8,10-11,13-14,16-17,19-20,22-25,27,29,32,35-36,38-50H2,1-3H3,(H,56,59)/b12-9+,18-15+,28-26+,31-21-,33-30+,37-34-. The molecule has 0 fully saturated rings. The summed E-state index contributed by atoms with van der Waals surface area (Å²) in [6.07, 6.45) is 61.2. The van der Waals surface area contributed by atoms with E-state index >= 15 is 0 Å². The third-order valence-electron chi connectivity index (χ3n) is 11.4. The van der Waals surface area contributed by atoms with Crippen molar-refractivity contribution < 1.29 is 24.5 Å². The minimum Gasteiger partial charge on any atom is -0.462 e. The third kappa shape index (κ3) is 43.7. The molecular weight excluding hydrogens is 755 g/mol. The second-order valence-corrected chi connectivity index (χ2v) is 17.3. The third-order valence-corrected chi connectivity index (χ3v) is 11.4. The van der Waals surface area contributed by atoms with Gasteiger partial charge in [-0.1, -0.05) is 235 Å². The number of amides is 1. The fourth-order valence-electron chi connectivity index (χ4n) is 7.50. The van der Waals surface area contributed by atoms with Crippen molar-refractivity contribution in [3.05, 3.63) is 72.9 Å². The summed E-state index contributed by atoms with van der Waals surface area (Å²) < 4.78 is 5.87. The highest BCUT2D eigenvalue weighted by molar-refractivity contribution is 5.77. The SMILES string of the molecule is CC/C=C/C=C/C=C\C=C/CCCC(CC(=O)NC(CO)C(O)CCCCCCCCCCCCCCCCC)OC(=O)CCCCC/C=C/C=C/CCCCCCCCC. The van der Waals surface area contributed by atoms with Crippen LogP contribution < -0.4 is 5.32 Å². The number of esters is 1. The number of allylic oxidation sites excluding steroid dienone is 12. The normalized spacial score (nSPS) is 13.9. The molecule has 6 nitrogen and oxygen atoms in total. The van der Waals surface area contributed by atoms with Crippen molar-refractivity contribution in [3.8, 4) is 0 Å². The first-order chi connectivity index (χ1) is 30.0. The summed E-state index contributed by atoms with van der Waals surface area (Å²) >= 11 is 0. The molecule has 0 spiro atoms. The number of aliphatic hydroxyl groups excluding tert-OH is 2. The Kier molecular flexibility index (Phi) is 46.2. The summed E-state index contributed by atoms with van der Waals surface area (Å²) in [7, 11) is 0. The summed E-state index contributed by atoms with van der Waals surface area (Å²) in [5, 5.41) is 23.7. The average Bonchev–Trinajstić information content (AvgIpc) is 3.25. The van der Waals surface area contributed by atoms with Crippen molar-refractivity contribution in [3.63, 3.8) is 0 Å². The van der Waals surface area contributed by atoms with Crippen LogP contribution in [0.15, 0.2) is 72.9 Å². The smallest absolute Gasteiger partial charge is 0.306 e. The van der Waals surface area contributed by atoms with Crippen molar-refractivity contribution in [1.82, 2.24) is 5.32 Å². The molecule has 0 saturated carbocycles. The zero-order valence-corrected chi connectivity index (χ0v) is 40.0. The molecule has 3 unspecified atom stereocenters. The molecule has 3 N–H and O–H groups in total. The van der Waals surface area contributed by atoms with E-state index in [1.165, 1.54) is 122 Å². The average molecular weight is 852 g/mol. The topological polar surface area (TPSA) is 95.9 Å². The Morgan fingerprint density at radius 1 is 0.492 bits per heavy atom. The van der Waals surface area contributed by atoms with Crippen LogP contribution in [0.25, 0.3) is 0 Å². The van der Waals surface area contributed by atoms with Crippen molar-refractivity contribution in [2.24, 2.45) is 0 Å². The van der Waals surface area contributed by atoms with E-state index in [-0.39, 0.29) is 24.9 Å². The maximum atomic E-state index is 13.2. The number of carbonyl (C=O) groups is 2. The highest BCUT2D eigenvalue weighted by Crippen LogP contribution is 2.17. The van der Waals surface area contributed by atoms with Crippen LogP contribution in [0, 0.1) is 0 Å². The molecule has 352 valence electrons. The number of rotatable bonds is 45. The van der Waals surface area contributed by atoms with Crippen LogP contribution in [-0.4, -0.2) is 46.9 Å². The van der Waals surface area contributed by atoms with E-state index in [4.69, 9.17) is 4.74 Å². The second-order valence-electron chi connectivity index (χ2n) is 17.3. The molecule has 6 heteroatoms. The Bertz CT molecular complexity index is 1140. The van der Waals surface area contributed by atoms with Gasteiger partial charge < -0.3 is 20.3 Å². The quantitative estimate of drug-likeness (QED) is 0.0322. The highest BCUT2D eigenvalue weighted by atomic mass is 16.5. The van der Waals surface area contributed by atoms with Gasteiger partial charge in [-0.3, -0.25) is 9.59 Å². The molecule has 1 amide bonds. The minimum absolute atomic E-state index is 0.0187. The van der Waals surface area contributed by atoms with Gasteiger partial charge in [0.1, 0.15) is 6.10 Å². The van der Waals surface area contributed by atoms with Gasteiger partial charge in [0.05, 0.1) is 25.2 Å². The lowest BCUT2D eigenvalue weighted by Gasteiger charge is -2.24. The van der Waals surface area contributed by atoms with Crippen LogP contribution in [-0.2, 0) is 14.3 Å². The lowest BCUT2D eigenvalue weighted by molar-refractivity contribution is -0.151. The van der Waals surface area contributed by atoms with Gasteiger partial charge >= 0.3 is 5.97 Å². The first-order valence-corrected chi connectivity index (χ1v) is 25.7. The Morgan fingerprint density at radius 3 is 1.39 bits per heavy atom. The summed E-state index contributed by atoms with van der Waals surface area (Å²) in [4.78, 5) is 26.1. The fourth-order valence-corrected chi connectivity index (χ4v) is 7.50. The van der Waals surface area contributed by atoms with E-state index in [9.17, 15) is 19.8 Å². The number of aliphatic hydroxyl groups is 2. The Hall–Kier alpha value is -2.70. The second kappa shape index (κ2) is 48.3. The largest absolute Gasteiger partial charge is 0.462 e. The van der Waals surface area contributed by atoms with E-state index in [1.54, 1.807) is 0 Å². The van der Waals surface area contributed by atoms with Gasteiger partial charge in [-0.2, -0.15) is 0 Å². The van der Waals surface area contributed by atoms with E-state index in [1.807, 2.05) is 36.5 Å². The van der Waals surface area contributed by atoms with Gasteiger partial charge in [0.2, 0.25) is 5.91 Å². The lowest BCUT2D eigenvalue weighted by atomic mass is 10.0. The Morgan fingerprint density at radius 2 is 0.902 bits per heavy atom. The number of ether oxygens (including phenoxy) is 1. The molecule has 0 aromatic heterocycles. The summed E-state index contributed by atoms with van der Waals surface area (Å²) in [5.41, 5.74) is 0. The molecule has 0 heterocycles. The van der Waals surface area contributed by atoms with Gasteiger partial charge in [-0.05, 0) is 64.2 Å². The molecule has 0 rings (SSSR count). The van der Waals surface area contributed by atoms with Gasteiger partial charge in [-0.25, -0.2) is 0 Å². The lowest BCUT2D eigenvalue weighted by Crippen LogP contribution is -2.46. The molecule has 0 aromatic rings. The van der Waals surface area contributed by atoms with Crippen LogP contribution in [0.4, 0.5) is 0 Å². The van der Waals surface area contributed by atoms with Crippen LogP contribution in [0.1, 0.15) is 239 Å². The monoisotopic (exact) mass is 852 g/mol. The summed E-state index contributed by atoms with van der Waals surface area (Å²) in [6, 6.07) is -0.730. The van der Waals surface area contributed by atoms with E-state index in [2.05, 4.69) is 62.5 Å². The molecule has 0 aliphatic heterocycles. The minimum atomic E-state index is -0.812. The number of unbranched alkanes of at least 4 members (excludes halogenated alkanes) is 25. The zero-order valence-electron chi connectivity index (χ0n) is 40.0. The molecule has 0 aromatic carbocycles. The van der Waals surface area contributed by atoms with Crippen LogP contribution in [0.3, 0.4) is 0 Å². The summed E-state index contributed by atoms with van der Waals surface area (Å²) in [6.45, 7) is 6.31. The molecule has 0 aliphatic rings. The van der Waals surface area contributed by atoms with Gasteiger partial charge in [0.25, 0.3) is 0 Å². The first-order valence-electron chi connectivity index (χ1n) is 25.7. The fraction of sp³-hybridized carbons (Fsp3) is 0.745.